The molecule has 9 aromatic rings. The second kappa shape index (κ2) is 17.0. The van der Waals surface area contributed by atoms with Gasteiger partial charge in [0.1, 0.15) is 17.2 Å². The molecular formula is C54H39O4P. The van der Waals surface area contributed by atoms with E-state index in [0.29, 0.717) is 17.2 Å². The Morgan fingerprint density at radius 3 is 0.559 bits per heavy atom. The second-order valence-electron chi connectivity index (χ2n) is 14.0. The Labute approximate surface area is 345 Å². The number of benzene rings is 9. The fourth-order valence-electron chi connectivity index (χ4n) is 7.37. The standard InChI is InChI=1S/C54H39O4P/c55-59(56-52-46(40-22-7-1-8-23-40)34-19-35-47(52)41-24-9-2-10-25-41,57-53-48(42-26-11-3-12-27-42)36-20-37-49(53)43-28-13-4-14-29-43)58-54-50(44-30-15-5-16-31-44)38-21-39-51(54)45-32-17-6-18-33-45/h1-39H. The topological polar surface area (TPSA) is 44.8 Å². The summed E-state index contributed by atoms with van der Waals surface area (Å²) in [7, 11) is -4.77. The van der Waals surface area contributed by atoms with Gasteiger partial charge in [-0.3, -0.25) is 0 Å². The quantitative estimate of drug-likeness (QED) is 0.116. The molecule has 0 aromatic heterocycles. The van der Waals surface area contributed by atoms with E-state index in [2.05, 4.69) is 0 Å². The average Bonchev–Trinajstić information content (AvgIpc) is 3.31. The molecule has 0 aliphatic rings. The normalized spacial score (nSPS) is 11.1. The average molecular weight is 783 g/mol. The summed E-state index contributed by atoms with van der Waals surface area (Å²) in [5, 5.41) is 0. The predicted molar refractivity (Wildman–Crippen MR) is 241 cm³/mol. The van der Waals surface area contributed by atoms with E-state index in [1.807, 2.05) is 237 Å². The Balaban J connectivity index is 1.32. The van der Waals surface area contributed by atoms with E-state index in [1.54, 1.807) is 0 Å². The third-order valence-electron chi connectivity index (χ3n) is 10.2. The Hall–Kier alpha value is -7.39. The van der Waals surface area contributed by atoms with Crippen LogP contribution in [0.15, 0.2) is 237 Å². The molecule has 0 N–H and O–H groups in total. The highest BCUT2D eigenvalue weighted by atomic mass is 31.2. The molecule has 284 valence electrons. The number of hydrogen-bond acceptors (Lipinski definition) is 4. The van der Waals surface area contributed by atoms with Gasteiger partial charge in [-0.25, -0.2) is 0 Å². The third-order valence-corrected chi connectivity index (χ3v) is 11.4. The predicted octanol–water partition coefficient (Wildman–Crippen LogP) is 15.3. The minimum atomic E-state index is -4.77. The zero-order chi connectivity index (χ0) is 39.9. The van der Waals surface area contributed by atoms with Crippen LogP contribution in [0.1, 0.15) is 0 Å². The lowest BCUT2D eigenvalue weighted by Gasteiger charge is -2.26. The lowest BCUT2D eigenvalue weighted by atomic mass is 9.97. The van der Waals surface area contributed by atoms with E-state index in [-0.39, 0.29) is 0 Å². The van der Waals surface area contributed by atoms with Gasteiger partial charge in [0, 0.05) is 33.4 Å². The van der Waals surface area contributed by atoms with Gasteiger partial charge in [-0.05, 0) is 33.4 Å². The van der Waals surface area contributed by atoms with Gasteiger partial charge < -0.3 is 13.6 Å². The molecule has 0 radical (unpaired) electrons. The van der Waals surface area contributed by atoms with Crippen LogP contribution in [0.3, 0.4) is 0 Å². The van der Waals surface area contributed by atoms with Crippen LogP contribution >= 0.6 is 7.82 Å². The number of phosphoric acid groups is 1. The summed E-state index contributed by atoms with van der Waals surface area (Å²) >= 11 is 0. The van der Waals surface area contributed by atoms with Crippen molar-refractivity contribution in [2.75, 3.05) is 0 Å². The van der Waals surface area contributed by atoms with Crippen LogP contribution in [0.25, 0.3) is 66.8 Å². The lowest BCUT2D eigenvalue weighted by Crippen LogP contribution is -2.11. The van der Waals surface area contributed by atoms with E-state index < -0.39 is 7.82 Å². The van der Waals surface area contributed by atoms with Gasteiger partial charge in [-0.2, -0.15) is 4.57 Å². The molecule has 0 atom stereocenters. The Bertz CT molecular complexity index is 2360. The molecule has 0 amide bonds. The van der Waals surface area contributed by atoms with Crippen molar-refractivity contribution in [3.05, 3.63) is 237 Å². The van der Waals surface area contributed by atoms with Crippen LogP contribution in [-0.2, 0) is 4.57 Å². The van der Waals surface area contributed by atoms with E-state index >= 15 is 4.57 Å². The zero-order valence-corrected chi connectivity index (χ0v) is 33.0. The SMILES string of the molecule is O=P(Oc1c(-c2ccccc2)cccc1-c1ccccc1)(Oc1c(-c2ccccc2)cccc1-c1ccccc1)Oc1c(-c2ccccc2)cccc1-c1ccccc1. The van der Waals surface area contributed by atoms with Crippen molar-refractivity contribution < 1.29 is 18.1 Å². The van der Waals surface area contributed by atoms with Crippen molar-refractivity contribution in [2.24, 2.45) is 0 Å². The fourth-order valence-corrected chi connectivity index (χ4v) is 8.74. The van der Waals surface area contributed by atoms with Gasteiger partial charge in [-0.15, -0.1) is 0 Å². The minimum Gasteiger partial charge on any atom is -0.385 e. The molecule has 0 heterocycles. The maximum atomic E-state index is 16.6. The number of phosphoric ester groups is 1. The van der Waals surface area contributed by atoms with Crippen LogP contribution in [0.5, 0.6) is 17.2 Å². The molecule has 0 saturated heterocycles. The second-order valence-corrected chi connectivity index (χ2v) is 15.4. The molecule has 0 saturated carbocycles. The summed E-state index contributed by atoms with van der Waals surface area (Å²) in [6.07, 6.45) is 0. The monoisotopic (exact) mass is 782 g/mol. The smallest absolute Gasteiger partial charge is 0.385 e. The van der Waals surface area contributed by atoms with Crippen LogP contribution in [0.2, 0.25) is 0 Å². The molecule has 5 heteroatoms. The Morgan fingerprint density at radius 2 is 0.390 bits per heavy atom. The zero-order valence-electron chi connectivity index (χ0n) is 32.1. The summed E-state index contributed by atoms with van der Waals surface area (Å²) < 4.78 is 37.7. The molecule has 9 aromatic carbocycles. The van der Waals surface area contributed by atoms with Crippen LogP contribution in [0, 0.1) is 0 Å². The van der Waals surface area contributed by atoms with Gasteiger partial charge in [0.15, 0.2) is 0 Å². The van der Waals surface area contributed by atoms with Crippen molar-refractivity contribution in [3.8, 4) is 84.0 Å². The highest BCUT2D eigenvalue weighted by molar-refractivity contribution is 7.49. The van der Waals surface area contributed by atoms with E-state index in [1.165, 1.54) is 0 Å². The van der Waals surface area contributed by atoms with Gasteiger partial charge in [-0.1, -0.05) is 237 Å². The Kier molecular flexibility index (Phi) is 10.7. The summed E-state index contributed by atoms with van der Waals surface area (Å²) in [5.41, 5.74) is 9.72. The van der Waals surface area contributed by atoms with Crippen molar-refractivity contribution in [3.63, 3.8) is 0 Å². The van der Waals surface area contributed by atoms with Crippen LogP contribution in [-0.4, -0.2) is 0 Å². The molecule has 9 rings (SSSR count). The van der Waals surface area contributed by atoms with Gasteiger partial charge in [0.2, 0.25) is 0 Å². The van der Waals surface area contributed by atoms with Crippen molar-refractivity contribution in [1.29, 1.82) is 0 Å². The summed E-state index contributed by atoms with van der Waals surface area (Å²) in [6.45, 7) is 0. The van der Waals surface area contributed by atoms with Crippen molar-refractivity contribution in [2.45, 2.75) is 0 Å². The first kappa shape index (κ1) is 37.2. The van der Waals surface area contributed by atoms with Gasteiger partial charge in [0.05, 0.1) is 0 Å². The molecule has 0 unspecified atom stereocenters. The van der Waals surface area contributed by atoms with Gasteiger partial charge >= 0.3 is 7.82 Å². The molecule has 0 aliphatic carbocycles. The van der Waals surface area contributed by atoms with Crippen LogP contribution in [0.4, 0.5) is 0 Å². The first-order valence-electron chi connectivity index (χ1n) is 19.5. The Morgan fingerprint density at radius 1 is 0.220 bits per heavy atom. The molecule has 4 nitrogen and oxygen atoms in total. The van der Waals surface area contributed by atoms with Crippen molar-refractivity contribution in [1.82, 2.24) is 0 Å². The molecule has 0 bridgehead atoms. The van der Waals surface area contributed by atoms with Crippen LogP contribution < -0.4 is 13.6 Å². The number of rotatable bonds is 12. The lowest BCUT2D eigenvalue weighted by molar-refractivity contribution is 0.301. The first-order valence-corrected chi connectivity index (χ1v) is 21.0. The van der Waals surface area contributed by atoms with E-state index in [9.17, 15) is 0 Å². The molecule has 0 aliphatic heterocycles. The fraction of sp³-hybridized carbons (Fsp3) is 0. The highest BCUT2D eigenvalue weighted by Gasteiger charge is 2.39. The molecule has 59 heavy (non-hydrogen) atoms. The number of para-hydroxylation sites is 3. The maximum Gasteiger partial charge on any atom is 0.647 e. The van der Waals surface area contributed by atoms with E-state index in [0.717, 1.165) is 66.8 Å². The molecule has 0 fully saturated rings. The van der Waals surface area contributed by atoms with E-state index in [4.69, 9.17) is 13.6 Å². The summed E-state index contributed by atoms with van der Waals surface area (Å²) in [6, 6.07) is 77.5. The third kappa shape index (κ3) is 8.09. The first-order chi connectivity index (χ1) is 29.1. The summed E-state index contributed by atoms with van der Waals surface area (Å²) in [5.74, 6) is 1.10. The maximum absolute atomic E-state index is 16.6. The summed E-state index contributed by atoms with van der Waals surface area (Å²) in [4.78, 5) is 0. The number of hydrogen-bond donors (Lipinski definition) is 0. The highest BCUT2D eigenvalue weighted by Crippen LogP contribution is 2.59. The molecular weight excluding hydrogens is 744 g/mol. The van der Waals surface area contributed by atoms with Crippen molar-refractivity contribution >= 4 is 7.82 Å². The molecule has 0 spiro atoms. The minimum absolute atomic E-state index is 0.366. The van der Waals surface area contributed by atoms with Gasteiger partial charge in [0.25, 0.3) is 0 Å². The largest absolute Gasteiger partial charge is 0.647 e.